The molecule has 0 radical (unpaired) electrons. The second-order valence-corrected chi connectivity index (χ2v) is 5.83. The average Bonchev–Trinajstić information content (AvgIpc) is 3.23. The molecule has 1 heterocycles. The SMILES string of the molecule is Cc1nc(Nc2cc(C(F)(F)F)ccc2Cl)cc(NC2CC2)n1. The minimum absolute atomic E-state index is 0.150. The number of hydrogen-bond donors (Lipinski definition) is 2. The molecule has 1 aliphatic carbocycles. The van der Waals surface area contributed by atoms with E-state index in [0.29, 0.717) is 23.5 Å². The van der Waals surface area contributed by atoms with Crippen molar-refractivity contribution in [3.05, 3.63) is 40.7 Å². The van der Waals surface area contributed by atoms with Gasteiger partial charge in [-0.15, -0.1) is 0 Å². The second-order valence-electron chi connectivity index (χ2n) is 5.42. The highest BCUT2D eigenvalue weighted by molar-refractivity contribution is 6.33. The van der Waals surface area contributed by atoms with Crippen LogP contribution in [0.5, 0.6) is 0 Å². The molecule has 1 aromatic carbocycles. The van der Waals surface area contributed by atoms with Gasteiger partial charge in [-0.1, -0.05) is 11.6 Å². The number of aryl methyl sites for hydroxylation is 1. The van der Waals surface area contributed by atoms with E-state index < -0.39 is 11.7 Å². The number of halogens is 4. The zero-order valence-corrected chi connectivity index (χ0v) is 13.0. The third kappa shape index (κ3) is 4.04. The van der Waals surface area contributed by atoms with Gasteiger partial charge >= 0.3 is 6.18 Å². The van der Waals surface area contributed by atoms with Crippen LogP contribution >= 0.6 is 11.6 Å². The molecule has 0 atom stereocenters. The van der Waals surface area contributed by atoms with Crippen molar-refractivity contribution in [1.82, 2.24) is 9.97 Å². The van der Waals surface area contributed by atoms with E-state index in [-0.39, 0.29) is 10.7 Å². The Kier molecular flexibility index (Phi) is 4.06. The fourth-order valence-electron chi connectivity index (χ4n) is 2.08. The van der Waals surface area contributed by atoms with E-state index in [4.69, 9.17) is 11.6 Å². The predicted molar refractivity (Wildman–Crippen MR) is 83.2 cm³/mol. The first kappa shape index (κ1) is 15.9. The number of rotatable bonds is 4. The average molecular weight is 343 g/mol. The van der Waals surface area contributed by atoms with Crippen LogP contribution in [0.25, 0.3) is 0 Å². The Morgan fingerprint density at radius 3 is 2.48 bits per heavy atom. The van der Waals surface area contributed by atoms with Crippen molar-refractivity contribution in [2.45, 2.75) is 32.0 Å². The highest BCUT2D eigenvalue weighted by atomic mass is 35.5. The van der Waals surface area contributed by atoms with Crippen LogP contribution < -0.4 is 10.6 Å². The standard InChI is InChI=1S/C15H14ClF3N4/c1-8-20-13(22-10-3-4-10)7-14(21-8)23-12-6-9(15(17,18)19)2-5-11(12)16/h2,5-7,10H,3-4H2,1H3,(H2,20,21,22,23). The number of anilines is 3. The van der Waals surface area contributed by atoms with E-state index in [1.807, 2.05) is 0 Å². The molecular weight excluding hydrogens is 329 g/mol. The van der Waals surface area contributed by atoms with Crippen molar-refractivity contribution < 1.29 is 13.2 Å². The van der Waals surface area contributed by atoms with Gasteiger partial charge in [-0.3, -0.25) is 0 Å². The van der Waals surface area contributed by atoms with Gasteiger partial charge in [0.25, 0.3) is 0 Å². The van der Waals surface area contributed by atoms with Crippen molar-refractivity contribution in [1.29, 1.82) is 0 Å². The Labute approximate surface area is 136 Å². The quantitative estimate of drug-likeness (QED) is 0.840. The Balaban J connectivity index is 1.87. The largest absolute Gasteiger partial charge is 0.416 e. The third-order valence-corrected chi connectivity index (χ3v) is 3.65. The van der Waals surface area contributed by atoms with E-state index in [9.17, 15) is 13.2 Å². The Morgan fingerprint density at radius 1 is 1.13 bits per heavy atom. The number of aromatic nitrogens is 2. The topological polar surface area (TPSA) is 49.8 Å². The first-order valence-corrected chi connectivity index (χ1v) is 7.45. The van der Waals surface area contributed by atoms with Crippen molar-refractivity contribution in [3.8, 4) is 0 Å². The third-order valence-electron chi connectivity index (χ3n) is 3.32. The van der Waals surface area contributed by atoms with Gasteiger partial charge in [0, 0.05) is 12.1 Å². The maximum atomic E-state index is 12.8. The number of nitrogens with zero attached hydrogens (tertiary/aromatic N) is 2. The van der Waals surface area contributed by atoms with Gasteiger partial charge < -0.3 is 10.6 Å². The van der Waals surface area contributed by atoms with Gasteiger partial charge in [0.1, 0.15) is 17.5 Å². The molecule has 8 heteroatoms. The van der Waals surface area contributed by atoms with Crippen LogP contribution in [0.15, 0.2) is 24.3 Å². The highest BCUT2D eigenvalue weighted by Crippen LogP contribution is 2.35. The van der Waals surface area contributed by atoms with E-state index in [1.165, 1.54) is 6.07 Å². The summed E-state index contributed by atoms with van der Waals surface area (Å²) in [6.45, 7) is 1.72. The molecule has 1 fully saturated rings. The lowest BCUT2D eigenvalue weighted by Gasteiger charge is -2.13. The van der Waals surface area contributed by atoms with Crippen LogP contribution in [0.3, 0.4) is 0 Å². The zero-order chi connectivity index (χ0) is 16.6. The lowest BCUT2D eigenvalue weighted by Crippen LogP contribution is -2.08. The summed E-state index contributed by atoms with van der Waals surface area (Å²) in [5, 5.41) is 6.25. The first-order chi connectivity index (χ1) is 10.8. The predicted octanol–water partition coefficient (Wildman–Crippen LogP) is 4.78. The molecule has 1 saturated carbocycles. The van der Waals surface area contributed by atoms with Crippen LogP contribution in [0.1, 0.15) is 24.2 Å². The maximum Gasteiger partial charge on any atom is 0.416 e. The summed E-state index contributed by atoms with van der Waals surface area (Å²) >= 11 is 5.98. The molecule has 2 N–H and O–H groups in total. The molecule has 3 rings (SSSR count). The van der Waals surface area contributed by atoms with Crippen molar-refractivity contribution >= 4 is 28.9 Å². The maximum absolute atomic E-state index is 12.8. The monoisotopic (exact) mass is 342 g/mol. The Bertz CT molecular complexity index is 729. The molecule has 1 aromatic heterocycles. The molecule has 0 amide bonds. The summed E-state index contributed by atoms with van der Waals surface area (Å²) in [5.41, 5.74) is -0.622. The number of hydrogen-bond acceptors (Lipinski definition) is 4. The van der Waals surface area contributed by atoms with E-state index >= 15 is 0 Å². The van der Waals surface area contributed by atoms with Gasteiger partial charge in [-0.25, -0.2) is 9.97 Å². The molecule has 2 aromatic rings. The molecule has 4 nitrogen and oxygen atoms in total. The van der Waals surface area contributed by atoms with Gasteiger partial charge in [0.15, 0.2) is 0 Å². The summed E-state index contributed by atoms with van der Waals surface area (Å²) in [7, 11) is 0. The summed E-state index contributed by atoms with van der Waals surface area (Å²) in [4.78, 5) is 8.45. The van der Waals surface area contributed by atoms with E-state index in [1.54, 1.807) is 13.0 Å². The summed E-state index contributed by atoms with van der Waals surface area (Å²) in [5.74, 6) is 1.55. The van der Waals surface area contributed by atoms with Gasteiger partial charge in [-0.05, 0) is 38.0 Å². The minimum atomic E-state index is -4.43. The molecule has 0 bridgehead atoms. The van der Waals surface area contributed by atoms with Crippen LogP contribution in [0.4, 0.5) is 30.5 Å². The molecule has 23 heavy (non-hydrogen) atoms. The van der Waals surface area contributed by atoms with Crippen LogP contribution in [-0.2, 0) is 6.18 Å². The second kappa shape index (κ2) is 5.88. The zero-order valence-electron chi connectivity index (χ0n) is 12.2. The van der Waals surface area contributed by atoms with Gasteiger partial charge in [0.2, 0.25) is 0 Å². The number of benzene rings is 1. The molecule has 0 saturated heterocycles. The summed E-state index contributed by atoms with van der Waals surface area (Å²) < 4.78 is 38.4. The normalized spacial score (nSPS) is 14.7. The molecule has 1 aliphatic rings. The molecule has 0 aliphatic heterocycles. The van der Waals surface area contributed by atoms with Crippen molar-refractivity contribution in [2.24, 2.45) is 0 Å². The highest BCUT2D eigenvalue weighted by Gasteiger charge is 2.31. The molecule has 0 spiro atoms. The van der Waals surface area contributed by atoms with Crippen molar-refractivity contribution in [3.63, 3.8) is 0 Å². The number of nitrogens with one attached hydrogen (secondary N) is 2. The summed E-state index contributed by atoms with van der Waals surface area (Å²) in [6, 6.07) is 5.19. The fourth-order valence-corrected chi connectivity index (χ4v) is 2.24. The molecular formula is C15H14ClF3N4. The van der Waals surface area contributed by atoms with Gasteiger partial charge in [-0.2, -0.15) is 13.2 Å². The summed E-state index contributed by atoms with van der Waals surface area (Å²) in [6.07, 6.45) is -2.25. The lowest BCUT2D eigenvalue weighted by molar-refractivity contribution is -0.137. The smallest absolute Gasteiger partial charge is 0.367 e. The first-order valence-electron chi connectivity index (χ1n) is 7.07. The molecule has 0 unspecified atom stereocenters. The Hall–Kier alpha value is -2.02. The fraction of sp³-hybridized carbons (Fsp3) is 0.333. The Morgan fingerprint density at radius 2 is 1.83 bits per heavy atom. The van der Waals surface area contributed by atoms with E-state index in [2.05, 4.69) is 20.6 Å². The van der Waals surface area contributed by atoms with Crippen LogP contribution in [0.2, 0.25) is 5.02 Å². The van der Waals surface area contributed by atoms with Gasteiger partial charge in [0.05, 0.1) is 16.3 Å². The minimum Gasteiger partial charge on any atom is -0.367 e. The van der Waals surface area contributed by atoms with Crippen LogP contribution in [0, 0.1) is 6.92 Å². The molecule has 122 valence electrons. The number of alkyl halides is 3. The van der Waals surface area contributed by atoms with Crippen LogP contribution in [-0.4, -0.2) is 16.0 Å². The lowest BCUT2D eigenvalue weighted by atomic mass is 10.2. The van der Waals surface area contributed by atoms with Crippen molar-refractivity contribution in [2.75, 3.05) is 10.6 Å². The van der Waals surface area contributed by atoms with E-state index in [0.717, 1.165) is 25.0 Å².